The van der Waals surface area contributed by atoms with Crippen LogP contribution in [0.1, 0.15) is 12.8 Å². The van der Waals surface area contributed by atoms with Gasteiger partial charge in [-0.25, -0.2) is 22.5 Å². The van der Waals surface area contributed by atoms with Crippen LogP contribution in [0.5, 0.6) is 0 Å². The fourth-order valence-electron chi connectivity index (χ4n) is 2.91. The van der Waals surface area contributed by atoms with E-state index in [0.29, 0.717) is 0 Å². The number of hydrogen-bond donors (Lipinski definition) is 0. The first-order valence-corrected chi connectivity index (χ1v) is 24.1. The summed E-state index contributed by atoms with van der Waals surface area (Å²) < 4.78 is 0. The maximum absolute atomic E-state index is 3.67. The predicted octanol–water partition coefficient (Wildman–Crippen LogP) is 1.61. The minimum atomic E-state index is -1.09. The van der Waals surface area contributed by atoms with E-state index in [1.165, 1.54) is 12.8 Å². The van der Waals surface area contributed by atoms with Crippen LogP contribution in [0.3, 0.4) is 0 Å². The second-order valence-electron chi connectivity index (χ2n) is 11.9. The molecule has 0 saturated carbocycles. The Kier molecular flexibility index (Phi) is 15.3. The van der Waals surface area contributed by atoms with Crippen molar-refractivity contribution in [1.82, 2.24) is 0 Å². The van der Waals surface area contributed by atoms with E-state index in [2.05, 4.69) is 103 Å². The summed E-state index contributed by atoms with van der Waals surface area (Å²) in [5.74, 6) is 0. The summed E-state index contributed by atoms with van der Waals surface area (Å²) in [5.41, 5.74) is 0. The molecule has 0 nitrogen and oxygen atoms in total. The van der Waals surface area contributed by atoms with Crippen LogP contribution in [-0.4, -0.2) is 32.3 Å². The molecule has 0 saturated heterocycles. The molecule has 0 radical (unpaired) electrons. The molecule has 0 heterocycles. The summed E-state index contributed by atoms with van der Waals surface area (Å²) >= 11 is 0. The first kappa shape index (κ1) is 35.1. The molecular formula is C22H42Cl2Si4U. The van der Waals surface area contributed by atoms with E-state index in [-0.39, 0.29) is 55.9 Å². The van der Waals surface area contributed by atoms with Crippen LogP contribution >= 0.6 is 0 Å². The van der Waals surface area contributed by atoms with Crippen LogP contribution in [0.15, 0.2) is 32.9 Å². The van der Waals surface area contributed by atoms with Gasteiger partial charge in [0.15, 0.2) is 0 Å². The molecule has 0 spiro atoms. The largest absolute Gasteiger partial charge is 4.00 e. The summed E-state index contributed by atoms with van der Waals surface area (Å²) in [7, 11) is -4.32. The molecule has 0 aromatic carbocycles. The van der Waals surface area contributed by atoms with E-state index in [0.717, 1.165) is 0 Å². The standard InChI is InChI=1S/2C11H21Si2.2ClH.U/c2*1-12(2,3)10-7-8-11(9-10)13(4,5)6;;;/h2*7H,8H2,1-6H3;2*1H;/q2*-1;;;+4/p-2. The van der Waals surface area contributed by atoms with Gasteiger partial charge in [-0.05, 0) is 0 Å². The number of rotatable bonds is 4. The third-order valence-electron chi connectivity index (χ3n) is 5.02. The van der Waals surface area contributed by atoms with Crippen molar-refractivity contribution in [2.75, 3.05) is 0 Å². The number of halogens is 2. The van der Waals surface area contributed by atoms with Crippen LogP contribution in [0.4, 0.5) is 0 Å². The first-order chi connectivity index (χ1) is 11.4. The topological polar surface area (TPSA) is 0 Å². The van der Waals surface area contributed by atoms with Gasteiger partial charge in [-0.2, -0.15) is 10.4 Å². The molecule has 0 aliphatic heterocycles. The molecule has 2 aliphatic rings. The maximum atomic E-state index is 3.67. The van der Waals surface area contributed by atoms with E-state index >= 15 is 0 Å². The van der Waals surface area contributed by atoms with Crippen molar-refractivity contribution in [3.63, 3.8) is 0 Å². The molecule has 7 heteroatoms. The Balaban J connectivity index is -0.000000422. The van der Waals surface area contributed by atoms with Crippen molar-refractivity contribution in [2.45, 2.75) is 91.4 Å². The second-order valence-corrected chi connectivity index (χ2v) is 32.1. The molecule has 0 aromatic rings. The normalized spacial score (nSPS) is 16.7. The van der Waals surface area contributed by atoms with Crippen LogP contribution in [0, 0.1) is 43.3 Å². The molecule has 29 heavy (non-hydrogen) atoms. The maximum Gasteiger partial charge on any atom is 4.00 e. The Morgan fingerprint density at radius 2 is 0.759 bits per heavy atom. The van der Waals surface area contributed by atoms with E-state index in [1.807, 2.05) is 0 Å². The van der Waals surface area contributed by atoms with E-state index in [9.17, 15) is 0 Å². The molecule has 0 N–H and O–H groups in total. The van der Waals surface area contributed by atoms with Gasteiger partial charge in [0.2, 0.25) is 0 Å². The Morgan fingerprint density at radius 1 is 0.517 bits per heavy atom. The van der Waals surface area contributed by atoms with E-state index < -0.39 is 32.3 Å². The first-order valence-electron chi connectivity index (χ1n) is 10.1. The van der Waals surface area contributed by atoms with Gasteiger partial charge in [0.1, 0.15) is 0 Å². The summed E-state index contributed by atoms with van der Waals surface area (Å²) in [6.45, 7) is 28.9. The fourth-order valence-corrected chi connectivity index (χ4v) is 8.09. The zero-order valence-electron chi connectivity index (χ0n) is 20.8. The van der Waals surface area contributed by atoms with Crippen molar-refractivity contribution < 1.29 is 55.9 Å². The third kappa shape index (κ3) is 11.8. The molecule has 164 valence electrons. The monoisotopic (exact) mass is 726 g/mol. The summed E-state index contributed by atoms with van der Waals surface area (Å²) in [4.78, 5) is 0. The Hall–Kier alpha value is 1.46. The van der Waals surface area contributed by atoms with Crippen molar-refractivity contribution >= 4 is 32.3 Å². The molecular weight excluding hydrogens is 686 g/mol. The van der Waals surface area contributed by atoms with E-state index in [4.69, 9.17) is 0 Å². The van der Waals surface area contributed by atoms with Gasteiger partial charge >= 0.3 is 31.1 Å². The van der Waals surface area contributed by atoms with Crippen molar-refractivity contribution in [1.29, 1.82) is 0 Å². The summed E-state index contributed by atoms with van der Waals surface area (Å²) in [6, 6.07) is 0. The van der Waals surface area contributed by atoms with Crippen molar-refractivity contribution in [3.8, 4) is 0 Å². The van der Waals surface area contributed by atoms with Gasteiger partial charge in [-0.15, -0.1) is 12.8 Å². The molecule has 2 aliphatic carbocycles. The molecule has 0 bridgehead atoms. The van der Waals surface area contributed by atoms with Crippen LogP contribution < -0.4 is 24.8 Å². The van der Waals surface area contributed by atoms with Gasteiger partial charge in [0, 0.05) is 16.1 Å². The molecule has 0 atom stereocenters. The average molecular weight is 728 g/mol. The fraction of sp³-hybridized carbons (Fsp3) is 0.636. The van der Waals surface area contributed by atoms with E-state index in [1.54, 1.807) is 20.8 Å². The SMILES string of the molecule is C[Si](C)(C)C1=[C-]C([Si](C)(C)C)=CC1.C[Si](C)(C)C1=[C-]C([Si](C)(C)C)=CC1.[Cl-].[Cl-].[U+4]. The average Bonchev–Trinajstić information content (AvgIpc) is 3.06. The zero-order chi connectivity index (χ0) is 20.6. The minimum absolute atomic E-state index is 0. The summed E-state index contributed by atoms with van der Waals surface area (Å²) in [6.07, 6.45) is 14.6. The molecule has 0 unspecified atom stereocenters. The third-order valence-corrected chi connectivity index (χ3v) is 13.2. The van der Waals surface area contributed by atoms with Gasteiger partial charge in [0.05, 0.1) is 16.1 Å². The Morgan fingerprint density at radius 3 is 0.862 bits per heavy atom. The van der Waals surface area contributed by atoms with Crippen LogP contribution in [-0.2, 0) is 0 Å². The Bertz CT molecular complexity index is 592. The molecule has 0 aromatic heterocycles. The molecule has 0 amide bonds. The van der Waals surface area contributed by atoms with Crippen LogP contribution in [0.25, 0.3) is 0 Å². The van der Waals surface area contributed by atoms with Gasteiger partial charge in [-0.3, -0.25) is 12.2 Å². The Labute approximate surface area is 222 Å². The smallest absolute Gasteiger partial charge is 1.00 e. The van der Waals surface area contributed by atoms with Crippen molar-refractivity contribution in [3.05, 3.63) is 45.1 Å². The predicted molar refractivity (Wildman–Crippen MR) is 132 cm³/mol. The minimum Gasteiger partial charge on any atom is -1.00 e. The van der Waals surface area contributed by atoms with Crippen molar-refractivity contribution in [2.24, 2.45) is 0 Å². The van der Waals surface area contributed by atoms with Gasteiger partial charge < -0.3 is 24.8 Å². The molecule has 2 rings (SSSR count). The van der Waals surface area contributed by atoms with Crippen LogP contribution in [0.2, 0.25) is 78.6 Å². The number of hydrogen-bond acceptors (Lipinski definition) is 0. The quantitative estimate of drug-likeness (QED) is 0.306. The molecule has 0 fully saturated rings. The second kappa shape index (κ2) is 12.6. The van der Waals surface area contributed by atoms with Gasteiger partial charge in [0.25, 0.3) is 0 Å². The summed E-state index contributed by atoms with van der Waals surface area (Å²) in [5, 5.41) is 6.32. The van der Waals surface area contributed by atoms with Gasteiger partial charge in [-0.1, -0.05) is 78.6 Å². The zero-order valence-corrected chi connectivity index (χ0v) is 30.5. The number of allylic oxidation sites excluding steroid dienone is 8.